The molecular weight excluding hydrogens is 486 g/mol. The van der Waals surface area contributed by atoms with E-state index in [-0.39, 0.29) is 18.1 Å². The smallest absolute Gasteiger partial charge is 0.243 e. The first-order valence-electron chi connectivity index (χ1n) is 12.5. The fraction of sp³-hybridized carbons (Fsp3) is 0.310. The van der Waals surface area contributed by atoms with Gasteiger partial charge in [0, 0.05) is 54.3 Å². The Hall–Kier alpha value is -3.17. The molecule has 4 aromatic rings. The lowest BCUT2D eigenvalue weighted by molar-refractivity contribution is 0.0257. The molecule has 0 radical (unpaired) electrons. The number of fused-ring (bicyclic) bond motifs is 4. The van der Waals surface area contributed by atoms with Crippen LogP contribution in [0.15, 0.2) is 77.7 Å². The molecule has 192 valence electrons. The number of aromatic nitrogens is 1. The molecule has 7 nitrogen and oxygen atoms in total. The van der Waals surface area contributed by atoms with E-state index in [1.807, 2.05) is 55.5 Å². The fourth-order valence-corrected chi connectivity index (χ4v) is 7.63. The molecule has 3 heterocycles. The quantitative estimate of drug-likeness (QED) is 0.404. The molecule has 1 atom stereocenters. The van der Waals surface area contributed by atoms with E-state index in [0.29, 0.717) is 31.1 Å². The largest absolute Gasteiger partial charge is 0.497 e. The van der Waals surface area contributed by atoms with E-state index in [4.69, 9.17) is 4.74 Å². The molecule has 1 spiro atoms. The second kappa shape index (κ2) is 8.99. The molecule has 1 fully saturated rings. The second-order valence-electron chi connectivity index (χ2n) is 10.3. The highest BCUT2D eigenvalue weighted by Crippen LogP contribution is 2.50. The molecule has 3 aromatic carbocycles. The van der Waals surface area contributed by atoms with Crippen LogP contribution in [0.3, 0.4) is 0 Å². The fourth-order valence-electron chi connectivity index (χ4n) is 6.01. The second-order valence-corrected chi connectivity index (χ2v) is 12.2. The van der Waals surface area contributed by atoms with Crippen molar-refractivity contribution in [3.05, 3.63) is 95.2 Å². The zero-order valence-corrected chi connectivity index (χ0v) is 21.8. The van der Waals surface area contributed by atoms with Gasteiger partial charge in [0.1, 0.15) is 5.75 Å². The third kappa shape index (κ3) is 3.95. The van der Waals surface area contributed by atoms with Crippen LogP contribution < -0.4 is 4.74 Å². The number of aliphatic hydroxyl groups excluding tert-OH is 1. The van der Waals surface area contributed by atoms with Crippen LogP contribution in [0.4, 0.5) is 0 Å². The van der Waals surface area contributed by atoms with Gasteiger partial charge in [-0.25, -0.2) is 8.42 Å². The lowest BCUT2D eigenvalue weighted by Crippen LogP contribution is -2.67. The number of sulfonamides is 1. The number of nitrogens with one attached hydrogen (secondary N) is 1. The molecule has 1 saturated heterocycles. The van der Waals surface area contributed by atoms with Crippen LogP contribution in [-0.4, -0.2) is 61.1 Å². The lowest BCUT2D eigenvalue weighted by atomic mass is 9.70. The highest BCUT2D eigenvalue weighted by atomic mass is 32.2. The van der Waals surface area contributed by atoms with E-state index >= 15 is 0 Å². The predicted octanol–water partition coefficient (Wildman–Crippen LogP) is 3.98. The van der Waals surface area contributed by atoms with Crippen molar-refractivity contribution in [1.82, 2.24) is 14.2 Å². The molecule has 0 saturated carbocycles. The van der Waals surface area contributed by atoms with Crippen LogP contribution >= 0.6 is 0 Å². The van der Waals surface area contributed by atoms with Crippen molar-refractivity contribution in [1.29, 1.82) is 0 Å². The topological polar surface area (TPSA) is 85.9 Å². The average molecular weight is 518 g/mol. The van der Waals surface area contributed by atoms with Crippen molar-refractivity contribution in [2.75, 3.05) is 33.4 Å². The van der Waals surface area contributed by atoms with Gasteiger partial charge >= 0.3 is 0 Å². The van der Waals surface area contributed by atoms with E-state index < -0.39 is 10.0 Å². The number of rotatable bonds is 6. The molecule has 37 heavy (non-hydrogen) atoms. The van der Waals surface area contributed by atoms with Gasteiger partial charge in [0.15, 0.2) is 0 Å². The zero-order chi connectivity index (χ0) is 25.8. The Labute approximate surface area is 217 Å². The maximum absolute atomic E-state index is 13.5. The number of aromatic amines is 1. The van der Waals surface area contributed by atoms with E-state index in [1.54, 1.807) is 23.5 Å². The van der Waals surface area contributed by atoms with E-state index in [1.165, 1.54) is 0 Å². The van der Waals surface area contributed by atoms with Gasteiger partial charge in [0.05, 0.1) is 24.7 Å². The maximum Gasteiger partial charge on any atom is 0.243 e. The number of hydrogen-bond acceptors (Lipinski definition) is 5. The summed E-state index contributed by atoms with van der Waals surface area (Å²) in [5.74, 6) is 0.749. The minimum Gasteiger partial charge on any atom is -0.497 e. The molecule has 8 heteroatoms. The lowest BCUT2D eigenvalue weighted by Gasteiger charge is -2.55. The van der Waals surface area contributed by atoms with Crippen LogP contribution in [0.2, 0.25) is 0 Å². The first kappa shape index (κ1) is 24.2. The number of benzene rings is 3. The molecule has 0 unspecified atom stereocenters. The summed E-state index contributed by atoms with van der Waals surface area (Å²) in [5.41, 5.74) is 4.80. The summed E-state index contributed by atoms with van der Waals surface area (Å²) in [4.78, 5) is 6.17. The number of aryl methyl sites for hydroxylation is 1. The SMILES string of the molecule is COc1ccc2c3c([nH]c2c1)[C@@H](CO)N(Cc1ccccc1)CC31CN(S(=O)(=O)c2ccc(C)cc2)C1. The van der Waals surface area contributed by atoms with Gasteiger partial charge in [-0.2, -0.15) is 4.31 Å². The van der Waals surface area contributed by atoms with Crippen molar-refractivity contribution >= 4 is 20.9 Å². The first-order valence-corrected chi connectivity index (χ1v) is 13.9. The summed E-state index contributed by atoms with van der Waals surface area (Å²) in [7, 11) is -1.96. The van der Waals surface area contributed by atoms with Crippen LogP contribution in [0.1, 0.15) is 28.4 Å². The standard InChI is InChI=1S/C29H31N3O4S/c1-20-8-11-23(12-9-20)37(34,35)32-18-29(19-32)17-31(15-21-6-4-3-5-7-21)26(16-33)28-27(29)24-13-10-22(36-2)14-25(24)30-28/h3-14,26,30,33H,15-19H2,1-2H3/t26-/m1/s1. The molecule has 0 amide bonds. The summed E-state index contributed by atoms with van der Waals surface area (Å²) in [5, 5.41) is 11.6. The number of methoxy groups -OCH3 is 1. The molecule has 2 aliphatic rings. The Morgan fingerprint density at radius 1 is 1.03 bits per heavy atom. The van der Waals surface area contributed by atoms with Crippen LogP contribution in [0.5, 0.6) is 5.75 Å². The number of hydrogen-bond donors (Lipinski definition) is 2. The molecule has 2 aliphatic heterocycles. The number of H-pyrrole nitrogens is 1. The third-order valence-corrected chi connectivity index (χ3v) is 9.67. The van der Waals surface area contributed by atoms with Gasteiger partial charge < -0.3 is 14.8 Å². The van der Waals surface area contributed by atoms with Crippen molar-refractivity contribution < 1.29 is 18.3 Å². The van der Waals surface area contributed by atoms with E-state index in [9.17, 15) is 13.5 Å². The van der Waals surface area contributed by atoms with E-state index in [0.717, 1.165) is 39.0 Å². The van der Waals surface area contributed by atoms with Gasteiger partial charge in [-0.3, -0.25) is 4.90 Å². The Morgan fingerprint density at radius 2 is 1.76 bits per heavy atom. The van der Waals surface area contributed by atoms with Crippen molar-refractivity contribution in [3.63, 3.8) is 0 Å². The normalized spacial score (nSPS) is 19.6. The van der Waals surface area contributed by atoms with E-state index in [2.05, 4.69) is 22.0 Å². The number of aliphatic hydroxyl groups is 1. The van der Waals surface area contributed by atoms with Gasteiger partial charge in [-0.1, -0.05) is 48.0 Å². The summed E-state index contributed by atoms with van der Waals surface area (Å²) in [6, 6.07) is 23.0. The first-order chi connectivity index (χ1) is 17.8. The highest BCUT2D eigenvalue weighted by molar-refractivity contribution is 7.89. The average Bonchev–Trinajstić information content (AvgIpc) is 3.26. The van der Waals surface area contributed by atoms with Crippen LogP contribution in [0.25, 0.3) is 10.9 Å². The van der Waals surface area contributed by atoms with Crippen molar-refractivity contribution in [2.45, 2.75) is 29.8 Å². The van der Waals surface area contributed by atoms with Gasteiger partial charge in [0.25, 0.3) is 0 Å². The predicted molar refractivity (Wildman–Crippen MR) is 143 cm³/mol. The summed E-state index contributed by atoms with van der Waals surface area (Å²) < 4.78 is 34.0. The van der Waals surface area contributed by atoms with Gasteiger partial charge in [-0.05, 0) is 42.3 Å². The molecule has 0 bridgehead atoms. The van der Waals surface area contributed by atoms with Gasteiger partial charge in [0.2, 0.25) is 10.0 Å². The maximum atomic E-state index is 13.5. The van der Waals surface area contributed by atoms with Crippen molar-refractivity contribution in [3.8, 4) is 5.75 Å². The Morgan fingerprint density at radius 3 is 2.43 bits per heavy atom. The number of ether oxygens (including phenoxy) is 1. The Kier molecular flexibility index (Phi) is 5.88. The Balaban J connectivity index is 1.42. The highest BCUT2D eigenvalue weighted by Gasteiger charge is 2.55. The zero-order valence-electron chi connectivity index (χ0n) is 21.0. The monoisotopic (exact) mass is 517 g/mol. The Bertz CT molecular complexity index is 1540. The molecule has 2 N–H and O–H groups in total. The summed E-state index contributed by atoms with van der Waals surface area (Å²) >= 11 is 0. The molecular formula is C29H31N3O4S. The molecule has 6 rings (SSSR count). The minimum absolute atomic E-state index is 0.0365. The summed E-state index contributed by atoms with van der Waals surface area (Å²) in [6.45, 7) is 4.00. The summed E-state index contributed by atoms with van der Waals surface area (Å²) in [6.07, 6.45) is 0. The molecule has 0 aliphatic carbocycles. The van der Waals surface area contributed by atoms with Crippen LogP contribution in [0, 0.1) is 6.92 Å². The van der Waals surface area contributed by atoms with Gasteiger partial charge in [-0.15, -0.1) is 0 Å². The number of nitrogens with zero attached hydrogens (tertiary/aromatic N) is 2. The van der Waals surface area contributed by atoms with Crippen LogP contribution in [-0.2, 0) is 22.0 Å². The van der Waals surface area contributed by atoms with Crippen molar-refractivity contribution in [2.24, 2.45) is 0 Å². The third-order valence-electron chi connectivity index (χ3n) is 7.86. The minimum atomic E-state index is -3.60. The molecule has 1 aromatic heterocycles.